The summed E-state index contributed by atoms with van der Waals surface area (Å²) in [6.45, 7) is 1.32. The predicted molar refractivity (Wildman–Crippen MR) is 99.0 cm³/mol. The fourth-order valence-electron chi connectivity index (χ4n) is 1.98. The molecule has 2 aromatic carbocycles. The van der Waals surface area contributed by atoms with Gasteiger partial charge in [0.2, 0.25) is 0 Å². The molecular weight excluding hydrogens is 336 g/mol. The van der Waals surface area contributed by atoms with Gasteiger partial charge in [0.05, 0.1) is 5.69 Å². The quantitative estimate of drug-likeness (QED) is 0.242. The van der Waals surface area contributed by atoms with Gasteiger partial charge in [0.25, 0.3) is 5.91 Å². The van der Waals surface area contributed by atoms with E-state index in [1.807, 2.05) is 0 Å². The molecule has 2 rings (SSSR count). The van der Waals surface area contributed by atoms with Gasteiger partial charge in [-0.15, -0.1) is 5.11 Å². The molecule has 0 fully saturated rings. The Morgan fingerprint density at radius 3 is 2.31 bits per heavy atom. The third-order valence-corrected chi connectivity index (χ3v) is 3.08. The van der Waals surface area contributed by atoms with Crippen LogP contribution in [-0.4, -0.2) is 17.0 Å². The van der Waals surface area contributed by atoms with Crippen molar-refractivity contribution in [1.29, 1.82) is 0 Å². The topological polar surface area (TPSA) is 155 Å². The maximum absolute atomic E-state index is 12.4. The highest BCUT2D eigenvalue weighted by molar-refractivity contribution is 6.04. The van der Waals surface area contributed by atoms with E-state index in [1.165, 1.54) is 13.0 Å². The monoisotopic (exact) mass is 354 g/mol. The summed E-state index contributed by atoms with van der Waals surface area (Å²) < 4.78 is 0. The van der Waals surface area contributed by atoms with Crippen LogP contribution in [0.15, 0.2) is 70.2 Å². The van der Waals surface area contributed by atoms with Gasteiger partial charge in [-0.2, -0.15) is 5.11 Å². The number of nitrogens with two attached hydrogens (primary N) is 2. The molecule has 0 atom stereocenters. The number of anilines is 3. The molecule has 9 nitrogen and oxygen atoms in total. The lowest BCUT2D eigenvalue weighted by Crippen LogP contribution is -2.19. The molecule has 0 saturated heterocycles. The minimum atomic E-state index is -0.726. The molecule has 7 N–H and O–H groups in total. The lowest BCUT2D eigenvalue weighted by atomic mass is 10.2. The van der Waals surface area contributed by atoms with Gasteiger partial charge in [-0.1, -0.05) is 12.1 Å². The van der Waals surface area contributed by atoms with E-state index in [4.69, 9.17) is 11.5 Å². The number of nitrogens with one attached hydrogen (secondary N) is 2. The third kappa shape index (κ3) is 5.34. The Labute approximate surface area is 149 Å². The zero-order chi connectivity index (χ0) is 19.1. The van der Waals surface area contributed by atoms with Crippen molar-refractivity contribution in [3.05, 3.63) is 60.0 Å². The molecule has 26 heavy (non-hydrogen) atoms. The maximum Gasteiger partial charge on any atom is 0.316 e. The van der Waals surface area contributed by atoms with Gasteiger partial charge in [0.15, 0.2) is 5.70 Å². The van der Waals surface area contributed by atoms with Crippen LogP contribution in [0.4, 0.5) is 27.5 Å². The number of primary amides is 1. The number of aliphatic hydroxyl groups excluding tert-OH is 1. The fourth-order valence-corrected chi connectivity index (χ4v) is 1.98. The number of azo groups is 1. The van der Waals surface area contributed by atoms with Gasteiger partial charge in [0.1, 0.15) is 5.76 Å². The Bertz CT molecular complexity index is 888. The van der Waals surface area contributed by atoms with Crippen LogP contribution in [0, 0.1) is 0 Å². The number of nitrogens with zero attached hydrogens (tertiary/aromatic N) is 2. The van der Waals surface area contributed by atoms with Crippen molar-refractivity contribution in [2.45, 2.75) is 6.92 Å². The Balaban J connectivity index is 2.17. The molecule has 0 heterocycles. The number of carbonyl (C=O) groups excluding carboxylic acids is 2. The van der Waals surface area contributed by atoms with Crippen molar-refractivity contribution >= 4 is 34.7 Å². The summed E-state index contributed by atoms with van der Waals surface area (Å²) in [6, 6.07) is 12.2. The number of benzene rings is 2. The average Bonchev–Trinajstić information content (AvgIpc) is 2.54. The van der Waals surface area contributed by atoms with Gasteiger partial charge in [-0.3, -0.25) is 4.79 Å². The van der Waals surface area contributed by atoms with Crippen LogP contribution in [0.5, 0.6) is 0 Å². The van der Waals surface area contributed by atoms with Gasteiger partial charge < -0.3 is 27.2 Å². The Kier molecular flexibility index (Phi) is 5.88. The Morgan fingerprint density at radius 1 is 1.04 bits per heavy atom. The van der Waals surface area contributed by atoms with E-state index in [9.17, 15) is 14.7 Å². The standard InChI is InChI=1S/C17H18N6O3/c1-10(24)15(23-22-14-7-2-4-11(18)8-14)16(25)20-12-5-3-6-13(9-12)21-17(19)26/h2-9,24H,18H2,1H3,(H,20,25)(H3,19,21,26). The lowest BCUT2D eigenvalue weighted by molar-refractivity contribution is -0.113. The molecular formula is C17H18N6O3. The zero-order valence-corrected chi connectivity index (χ0v) is 13.9. The summed E-state index contributed by atoms with van der Waals surface area (Å²) in [5.74, 6) is -0.976. The number of allylic oxidation sites excluding steroid dienone is 1. The number of urea groups is 1. The molecule has 0 aliphatic carbocycles. The third-order valence-electron chi connectivity index (χ3n) is 3.08. The van der Waals surface area contributed by atoms with Gasteiger partial charge >= 0.3 is 6.03 Å². The van der Waals surface area contributed by atoms with E-state index in [1.54, 1.807) is 42.5 Å². The Morgan fingerprint density at radius 2 is 1.69 bits per heavy atom. The summed E-state index contributed by atoms with van der Waals surface area (Å²) in [5.41, 5.74) is 12.2. The van der Waals surface area contributed by atoms with Crippen molar-refractivity contribution in [3.63, 3.8) is 0 Å². The van der Waals surface area contributed by atoms with E-state index in [2.05, 4.69) is 20.9 Å². The molecule has 0 radical (unpaired) electrons. The van der Waals surface area contributed by atoms with E-state index < -0.39 is 11.9 Å². The first-order chi connectivity index (χ1) is 12.3. The van der Waals surface area contributed by atoms with Crippen molar-refractivity contribution in [2.24, 2.45) is 16.0 Å². The first-order valence-corrected chi connectivity index (χ1v) is 7.50. The number of hydrogen-bond acceptors (Lipinski definition) is 6. The summed E-state index contributed by atoms with van der Waals surface area (Å²) in [7, 11) is 0. The van der Waals surface area contributed by atoms with Crippen molar-refractivity contribution < 1.29 is 14.7 Å². The normalized spacial score (nSPS) is 11.7. The fraction of sp³-hybridized carbons (Fsp3) is 0.0588. The summed E-state index contributed by atoms with van der Waals surface area (Å²) in [5, 5.41) is 22.4. The predicted octanol–water partition coefficient (Wildman–Crippen LogP) is 3.27. The number of rotatable bonds is 5. The number of amides is 3. The van der Waals surface area contributed by atoms with Crippen molar-refractivity contribution in [3.8, 4) is 0 Å². The average molecular weight is 354 g/mol. The smallest absolute Gasteiger partial charge is 0.316 e. The number of nitrogen functional groups attached to an aromatic ring is 1. The van der Waals surface area contributed by atoms with E-state index in [0.717, 1.165) is 0 Å². The molecule has 0 unspecified atom stereocenters. The van der Waals surface area contributed by atoms with Crippen LogP contribution >= 0.6 is 0 Å². The van der Waals surface area contributed by atoms with Gasteiger partial charge in [-0.25, -0.2) is 4.79 Å². The van der Waals surface area contributed by atoms with Crippen LogP contribution in [0.3, 0.4) is 0 Å². The van der Waals surface area contributed by atoms with Crippen molar-refractivity contribution in [2.75, 3.05) is 16.4 Å². The van der Waals surface area contributed by atoms with E-state index in [0.29, 0.717) is 22.7 Å². The summed E-state index contributed by atoms with van der Waals surface area (Å²) in [6.07, 6.45) is 0. The number of hydrogen-bond donors (Lipinski definition) is 5. The summed E-state index contributed by atoms with van der Waals surface area (Å²) >= 11 is 0. The molecule has 2 aromatic rings. The van der Waals surface area contributed by atoms with Gasteiger partial charge in [0, 0.05) is 17.1 Å². The number of carbonyl (C=O) groups is 2. The molecule has 9 heteroatoms. The van der Waals surface area contributed by atoms with Gasteiger partial charge in [-0.05, 0) is 43.3 Å². The lowest BCUT2D eigenvalue weighted by Gasteiger charge is -2.08. The SMILES string of the molecule is CC(O)=C(N=Nc1cccc(N)c1)C(=O)Nc1cccc(NC(N)=O)c1. The molecule has 134 valence electrons. The van der Waals surface area contributed by atoms with Crippen molar-refractivity contribution in [1.82, 2.24) is 0 Å². The highest BCUT2D eigenvalue weighted by Gasteiger charge is 2.13. The molecule has 0 aromatic heterocycles. The first kappa shape index (κ1) is 18.5. The molecule has 0 aliphatic heterocycles. The van der Waals surface area contributed by atoms with E-state index >= 15 is 0 Å². The second-order valence-electron chi connectivity index (χ2n) is 5.25. The first-order valence-electron chi connectivity index (χ1n) is 7.50. The zero-order valence-electron chi connectivity index (χ0n) is 13.9. The molecule has 0 spiro atoms. The van der Waals surface area contributed by atoms with Crippen LogP contribution in [0.1, 0.15) is 6.92 Å². The molecule has 0 bridgehead atoms. The highest BCUT2D eigenvalue weighted by Crippen LogP contribution is 2.20. The van der Waals surface area contributed by atoms with Crippen LogP contribution < -0.4 is 22.1 Å². The van der Waals surface area contributed by atoms with E-state index in [-0.39, 0.29) is 11.5 Å². The minimum absolute atomic E-state index is 0.263. The second-order valence-corrected chi connectivity index (χ2v) is 5.25. The largest absolute Gasteiger partial charge is 0.510 e. The highest BCUT2D eigenvalue weighted by atomic mass is 16.3. The van der Waals surface area contributed by atoms with Crippen LogP contribution in [0.2, 0.25) is 0 Å². The minimum Gasteiger partial charge on any atom is -0.510 e. The second kappa shape index (κ2) is 8.29. The van der Waals surface area contributed by atoms with Crippen LogP contribution in [-0.2, 0) is 4.79 Å². The molecule has 3 amide bonds. The summed E-state index contributed by atoms with van der Waals surface area (Å²) in [4.78, 5) is 23.2. The molecule has 0 saturated carbocycles. The maximum atomic E-state index is 12.4. The van der Waals surface area contributed by atoms with Crippen LogP contribution in [0.25, 0.3) is 0 Å². The Hall–Kier alpha value is -3.88. The molecule has 0 aliphatic rings. The number of aliphatic hydroxyl groups is 1.